The molecule has 0 saturated heterocycles. The highest BCUT2D eigenvalue weighted by Crippen LogP contribution is 2.30. The van der Waals surface area contributed by atoms with Gasteiger partial charge in [-0.3, -0.25) is 0 Å². The molecule has 3 aromatic carbocycles. The molecule has 0 spiro atoms. The number of nitrogens with zero attached hydrogens (tertiary/aromatic N) is 4. The van der Waals surface area contributed by atoms with Crippen molar-refractivity contribution in [1.82, 2.24) is 19.7 Å². The van der Waals surface area contributed by atoms with Crippen LogP contribution in [0.25, 0.3) is 10.8 Å². The molecule has 246 valence electrons. The summed E-state index contributed by atoms with van der Waals surface area (Å²) < 4.78 is 29.2. The molecule has 1 aromatic heterocycles. The van der Waals surface area contributed by atoms with E-state index in [2.05, 4.69) is 47.8 Å². The van der Waals surface area contributed by atoms with Gasteiger partial charge >= 0.3 is 0 Å². The van der Waals surface area contributed by atoms with Crippen LogP contribution in [0.4, 0.5) is 23.5 Å². The Morgan fingerprint density at radius 2 is 1.35 bits per heavy atom. The molecule has 5 rings (SSSR count). The van der Waals surface area contributed by atoms with Crippen molar-refractivity contribution in [2.45, 2.75) is 69.2 Å². The lowest BCUT2D eigenvalue weighted by Crippen LogP contribution is -2.25. The number of fused-ring (bicyclic) bond motifs is 1. The molecule has 1 heterocycles. The molecule has 1 saturated carbocycles. The smallest absolute Gasteiger partial charge is 0.241 e. The molecule has 11 heteroatoms. The first-order chi connectivity index (χ1) is 22.4. The molecule has 0 radical (unpaired) electrons. The van der Waals surface area contributed by atoms with Gasteiger partial charge in [0.2, 0.25) is 27.9 Å². The third-order valence-corrected chi connectivity index (χ3v) is 10.0. The van der Waals surface area contributed by atoms with E-state index in [1.807, 2.05) is 67.5 Å². The second-order valence-electron chi connectivity index (χ2n) is 12.3. The van der Waals surface area contributed by atoms with Gasteiger partial charge in [0.15, 0.2) is 0 Å². The predicted octanol–water partition coefficient (Wildman–Crippen LogP) is 6.65. The first-order valence-electron chi connectivity index (χ1n) is 16.6. The second kappa shape index (κ2) is 16.6. The Balaban J connectivity index is 1.08. The zero-order valence-corrected chi connectivity index (χ0v) is 28.0. The normalized spacial score (nSPS) is 13.9. The zero-order chi connectivity index (χ0) is 32.2. The minimum absolute atomic E-state index is 0.320. The number of aromatic nitrogens is 3. The van der Waals surface area contributed by atoms with Gasteiger partial charge in [0.05, 0.1) is 4.90 Å². The Morgan fingerprint density at radius 1 is 0.696 bits per heavy atom. The highest BCUT2D eigenvalue weighted by atomic mass is 32.2. The summed E-state index contributed by atoms with van der Waals surface area (Å²) in [6.45, 7) is 2.64. The molecule has 4 N–H and O–H groups in total. The van der Waals surface area contributed by atoms with Crippen molar-refractivity contribution in [1.29, 1.82) is 0 Å². The third-order valence-electron chi connectivity index (χ3n) is 8.51. The average molecular weight is 645 g/mol. The number of unbranched alkanes of at least 4 members (excludes halogenated alkanes) is 3. The quantitative estimate of drug-likeness (QED) is 0.0936. The van der Waals surface area contributed by atoms with Gasteiger partial charge in [-0.15, -0.1) is 0 Å². The maximum atomic E-state index is 13.2. The molecule has 0 unspecified atom stereocenters. The van der Waals surface area contributed by atoms with Crippen LogP contribution in [-0.2, 0) is 16.6 Å². The summed E-state index contributed by atoms with van der Waals surface area (Å²) in [5.74, 6) is 2.35. The number of hydrogen-bond donors (Lipinski definition) is 4. The number of nitrogens with one attached hydrogen (secondary N) is 4. The van der Waals surface area contributed by atoms with E-state index in [4.69, 9.17) is 0 Å². The molecular formula is C35H48N8O2S. The lowest BCUT2D eigenvalue weighted by Gasteiger charge is -2.21. The Hall–Kier alpha value is -3.96. The van der Waals surface area contributed by atoms with Crippen LogP contribution in [0.1, 0.15) is 63.4 Å². The Labute approximate surface area is 273 Å². The molecule has 0 bridgehead atoms. The van der Waals surface area contributed by atoms with Crippen LogP contribution in [0.2, 0.25) is 0 Å². The fourth-order valence-electron chi connectivity index (χ4n) is 5.99. The predicted molar refractivity (Wildman–Crippen MR) is 189 cm³/mol. The maximum Gasteiger partial charge on any atom is 0.241 e. The molecule has 0 atom stereocenters. The number of sulfonamides is 1. The minimum Gasteiger partial charge on any atom is -0.377 e. The van der Waals surface area contributed by atoms with Crippen LogP contribution in [-0.4, -0.2) is 57.1 Å². The summed E-state index contributed by atoms with van der Waals surface area (Å²) in [6.07, 6.45) is 10.0. The van der Waals surface area contributed by atoms with E-state index in [9.17, 15) is 8.42 Å². The Kier molecular flexibility index (Phi) is 12.0. The van der Waals surface area contributed by atoms with Crippen molar-refractivity contribution in [3.8, 4) is 0 Å². The van der Waals surface area contributed by atoms with Crippen LogP contribution >= 0.6 is 0 Å². The molecule has 10 nitrogen and oxygen atoms in total. The van der Waals surface area contributed by atoms with Gasteiger partial charge in [0.1, 0.15) is 0 Å². The van der Waals surface area contributed by atoms with Crippen molar-refractivity contribution in [2.75, 3.05) is 54.6 Å². The summed E-state index contributed by atoms with van der Waals surface area (Å²) in [4.78, 5) is 16.2. The number of rotatable bonds is 17. The molecular weight excluding hydrogens is 597 g/mol. The monoisotopic (exact) mass is 644 g/mol. The van der Waals surface area contributed by atoms with Crippen LogP contribution < -0.4 is 25.6 Å². The topological polar surface area (TPSA) is 124 Å². The summed E-state index contributed by atoms with van der Waals surface area (Å²) >= 11 is 0. The van der Waals surface area contributed by atoms with Crippen LogP contribution in [0.15, 0.2) is 71.6 Å². The fraction of sp³-hybridized carbons (Fsp3) is 0.457. The summed E-state index contributed by atoms with van der Waals surface area (Å²) in [6, 6.07) is 21.4. The molecule has 1 aliphatic rings. The standard InChI is InChI=1S/C35H48N8O2S/c1-43(2)31-21-13-20-30-29(31)19-14-22-32(30)46(44,45)39-24-12-4-3-11-23-36-33-40-34(37-25-27-15-7-5-8-16-27)42-35(41-33)38-26-28-17-9-6-10-18-28/h5,7-8,13-16,19-22,28,39H,3-4,6,9-12,17-18,23-26H2,1-2H3,(H3,36,37,38,40,41,42). The van der Waals surface area contributed by atoms with Gasteiger partial charge in [-0.1, -0.05) is 86.7 Å². The van der Waals surface area contributed by atoms with Gasteiger partial charge < -0.3 is 20.9 Å². The van der Waals surface area contributed by atoms with Gasteiger partial charge in [-0.05, 0) is 49.3 Å². The van der Waals surface area contributed by atoms with Gasteiger partial charge in [0, 0.05) is 56.7 Å². The first-order valence-corrected chi connectivity index (χ1v) is 18.1. The molecule has 0 aliphatic heterocycles. The fourth-order valence-corrected chi connectivity index (χ4v) is 7.29. The van der Waals surface area contributed by atoms with Gasteiger partial charge in [-0.2, -0.15) is 15.0 Å². The second-order valence-corrected chi connectivity index (χ2v) is 14.0. The van der Waals surface area contributed by atoms with E-state index in [0.29, 0.717) is 41.7 Å². The highest BCUT2D eigenvalue weighted by Gasteiger charge is 2.18. The van der Waals surface area contributed by atoms with Crippen LogP contribution in [0.5, 0.6) is 0 Å². The van der Waals surface area contributed by atoms with E-state index < -0.39 is 10.0 Å². The Bertz CT molecular complexity index is 1640. The molecule has 4 aromatic rings. The molecule has 1 aliphatic carbocycles. The maximum absolute atomic E-state index is 13.2. The SMILES string of the molecule is CN(C)c1cccc2c(S(=O)(=O)NCCCCCCNc3nc(NCc4ccccc4)nc(NCC4CCCCC4)n3)cccc12. The lowest BCUT2D eigenvalue weighted by molar-refractivity contribution is 0.373. The van der Waals surface area contributed by atoms with E-state index >= 15 is 0 Å². The number of benzene rings is 3. The van der Waals surface area contributed by atoms with Crippen molar-refractivity contribution < 1.29 is 8.42 Å². The summed E-state index contributed by atoms with van der Waals surface area (Å²) in [7, 11) is 0.301. The molecule has 46 heavy (non-hydrogen) atoms. The van der Waals surface area contributed by atoms with E-state index in [1.165, 1.54) is 32.1 Å². The van der Waals surface area contributed by atoms with Crippen molar-refractivity contribution in [2.24, 2.45) is 5.92 Å². The molecule has 0 amide bonds. The van der Waals surface area contributed by atoms with Crippen molar-refractivity contribution >= 4 is 44.3 Å². The summed E-state index contributed by atoms with van der Waals surface area (Å²) in [5, 5.41) is 11.8. The minimum atomic E-state index is -3.62. The van der Waals surface area contributed by atoms with E-state index in [0.717, 1.165) is 60.8 Å². The van der Waals surface area contributed by atoms with Crippen LogP contribution in [0.3, 0.4) is 0 Å². The van der Waals surface area contributed by atoms with Crippen molar-refractivity contribution in [3.63, 3.8) is 0 Å². The Morgan fingerprint density at radius 3 is 2.09 bits per heavy atom. The van der Waals surface area contributed by atoms with Crippen molar-refractivity contribution in [3.05, 3.63) is 72.3 Å². The van der Waals surface area contributed by atoms with Gasteiger partial charge in [0.25, 0.3) is 0 Å². The van der Waals surface area contributed by atoms with Gasteiger partial charge in [-0.25, -0.2) is 13.1 Å². The third kappa shape index (κ3) is 9.53. The van der Waals surface area contributed by atoms with E-state index in [-0.39, 0.29) is 0 Å². The zero-order valence-electron chi connectivity index (χ0n) is 27.1. The highest BCUT2D eigenvalue weighted by molar-refractivity contribution is 7.89. The number of hydrogen-bond acceptors (Lipinski definition) is 9. The lowest BCUT2D eigenvalue weighted by atomic mass is 9.89. The first kappa shape index (κ1) is 33.4. The number of anilines is 4. The average Bonchev–Trinajstić information content (AvgIpc) is 3.08. The molecule has 1 fully saturated rings. The van der Waals surface area contributed by atoms with E-state index in [1.54, 1.807) is 6.07 Å². The summed E-state index contributed by atoms with van der Waals surface area (Å²) in [5.41, 5.74) is 2.15. The van der Waals surface area contributed by atoms with Crippen LogP contribution in [0, 0.1) is 5.92 Å². The largest absolute Gasteiger partial charge is 0.377 e.